The first kappa shape index (κ1) is 9.45. The fraction of sp³-hybridized carbons (Fsp3) is 0.0909. The first-order chi connectivity index (χ1) is 7.11. The van der Waals surface area contributed by atoms with Crippen molar-refractivity contribution >= 4 is 22.1 Å². The van der Waals surface area contributed by atoms with Crippen molar-refractivity contribution in [1.82, 2.24) is 0 Å². The Labute approximate surface area is 86.5 Å². The average Bonchev–Trinajstić information content (AvgIpc) is 2.23. The third-order valence-corrected chi connectivity index (χ3v) is 2.53. The standard InChI is InChI=1S/C11H10N2O2/c1-7-8-4-2-3-5-9(8)11(13(14)15)6-10(7)12/h2-6H,12H2,1H3. The van der Waals surface area contributed by atoms with Gasteiger partial charge in [0.15, 0.2) is 0 Å². The van der Waals surface area contributed by atoms with Crippen LogP contribution in [0.15, 0.2) is 30.3 Å². The first-order valence-electron chi connectivity index (χ1n) is 4.53. The van der Waals surface area contributed by atoms with Crippen LogP contribution >= 0.6 is 0 Å². The van der Waals surface area contributed by atoms with Crippen molar-refractivity contribution in [2.45, 2.75) is 6.92 Å². The van der Waals surface area contributed by atoms with Crippen molar-refractivity contribution in [3.05, 3.63) is 46.0 Å². The third kappa shape index (κ3) is 1.40. The molecule has 0 saturated heterocycles. The van der Waals surface area contributed by atoms with Gasteiger partial charge in [-0.25, -0.2) is 0 Å². The molecule has 2 aromatic carbocycles. The summed E-state index contributed by atoms with van der Waals surface area (Å²) in [4.78, 5) is 10.4. The molecule has 0 aliphatic rings. The van der Waals surface area contributed by atoms with Crippen LogP contribution in [0.3, 0.4) is 0 Å². The summed E-state index contributed by atoms with van der Waals surface area (Å²) in [5.41, 5.74) is 7.13. The minimum absolute atomic E-state index is 0.0636. The maximum atomic E-state index is 10.8. The molecule has 0 radical (unpaired) electrons. The first-order valence-corrected chi connectivity index (χ1v) is 4.53. The number of non-ortho nitro benzene ring substituents is 1. The fourth-order valence-electron chi connectivity index (χ4n) is 1.67. The SMILES string of the molecule is Cc1c(N)cc([N+](=O)[O-])c2ccccc12. The second-order valence-electron chi connectivity index (χ2n) is 3.41. The lowest BCUT2D eigenvalue weighted by Crippen LogP contribution is -1.96. The minimum Gasteiger partial charge on any atom is -0.398 e. The van der Waals surface area contributed by atoms with E-state index in [2.05, 4.69) is 0 Å². The number of nitro groups is 1. The zero-order valence-electron chi connectivity index (χ0n) is 8.23. The summed E-state index contributed by atoms with van der Waals surface area (Å²) in [6.07, 6.45) is 0. The number of fused-ring (bicyclic) bond motifs is 1. The van der Waals surface area contributed by atoms with Crippen LogP contribution in [0.1, 0.15) is 5.56 Å². The maximum absolute atomic E-state index is 10.8. The number of nitro benzene ring substituents is 1. The lowest BCUT2D eigenvalue weighted by atomic mass is 10.0. The van der Waals surface area contributed by atoms with Gasteiger partial charge in [0.25, 0.3) is 5.69 Å². The number of anilines is 1. The third-order valence-electron chi connectivity index (χ3n) is 2.53. The Morgan fingerprint density at radius 1 is 1.27 bits per heavy atom. The number of hydrogen-bond donors (Lipinski definition) is 1. The van der Waals surface area contributed by atoms with E-state index in [0.717, 1.165) is 10.9 Å². The number of nitrogens with zero attached hydrogens (tertiary/aromatic N) is 1. The van der Waals surface area contributed by atoms with Crippen molar-refractivity contribution in [3.63, 3.8) is 0 Å². The lowest BCUT2D eigenvalue weighted by molar-refractivity contribution is -0.383. The molecule has 4 heteroatoms. The summed E-state index contributed by atoms with van der Waals surface area (Å²) in [7, 11) is 0. The molecule has 0 aliphatic heterocycles. The molecule has 0 unspecified atom stereocenters. The van der Waals surface area contributed by atoms with Gasteiger partial charge < -0.3 is 5.73 Å². The van der Waals surface area contributed by atoms with Crippen molar-refractivity contribution in [2.24, 2.45) is 0 Å². The molecule has 0 bridgehead atoms. The topological polar surface area (TPSA) is 69.2 Å². The molecule has 0 amide bonds. The van der Waals surface area contributed by atoms with Gasteiger partial charge in [0.2, 0.25) is 0 Å². The molecule has 0 aromatic heterocycles. The minimum atomic E-state index is -0.405. The normalized spacial score (nSPS) is 10.5. The summed E-state index contributed by atoms with van der Waals surface area (Å²) >= 11 is 0. The van der Waals surface area contributed by atoms with E-state index in [4.69, 9.17) is 5.73 Å². The Morgan fingerprint density at radius 2 is 1.87 bits per heavy atom. The van der Waals surface area contributed by atoms with Gasteiger partial charge in [-0.3, -0.25) is 10.1 Å². The molecule has 76 valence electrons. The number of benzene rings is 2. The monoisotopic (exact) mass is 202 g/mol. The average molecular weight is 202 g/mol. The van der Waals surface area contributed by atoms with Crippen LogP contribution in [-0.4, -0.2) is 4.92 Å². The summed E-state index contributed by atoms with van der Waals surface area (Å²) < 4.78 is 0. The molecular weight excluding hydrogens is 192 g/mol. The second-order valence-corrected chi connectivity index (χ2v) is 3.41. The van der Waals surface area contributed by atoms with Gasteiger partial charge in [-0.2, -0.15) is 0 Å². The predicted octanol–water partition coefficient (Wildman–Crippen LogP) is 2.64. The van der Waals surface area contributed by atoms with Crippen molar-refractivity contribution in [2.75, 3.05) is 5.73 Å². The maximum Gasteiger partial charge on any atom is 0.279 e. The van der Waals surface area contributed by atoms with Crippen LogP contribution in [0.2, 0.25) is 0 Å². The molecule has 0 spiro atoms. The zero-order valence-corrected chi connectivity index (χ0v) is 8.23. The van der Waals surface area contributed by atoms with Gasteiger partial charge in [-0.15, -0.1) is 0 Å². The van der Waals surface area contributed by atoms with Crippen molar-refractivity contribution in [3.8, 4) is 0 Å². The molecule has 15 heavy (non-hydrogen) atoms. The fourth-order valence-corrected chi connectivity index (χ4v) is 1.67. The van der Waals surface area contributed by atoms with Crippen molar-refractivity contribution < 1.29 is 4.92 Å². The van der Waals surface area contributed by atoms with Gasteiger partial charge in [0.1, 0.15) is 0 Å². The Hall–Kier alpha value is -2.10. The number of nitrogen functional groups attached to an aromatic ring is 1. The zero-order chi connectivity index (χ0) is 11.0. The van der Waals surface area contributed by atoms with E-state index in [9.17, 15) is 10.1 Å². The van der Waals surface area contributed by atoms with E-state index in [0.29, 0.717) is 11.1 Å². The highest BCUT2D eigenvalue weighted by Gasteiger charge is 2.14. The lowest BCUT2D eigenvalue weighted by Gasteiger charge is -2.05. The molecule has 0 fully saturated rings. The van der Waals surface area contributed by atoms with E-state index < -0.39 is 4.92 Å². The summed E-state index contributed by atoms with van der Waals surface area (Å²) in [6, 6.07) is 8.62. The Kier molecular flexibility index (Phi) is 2.04. The van der Waals surface area contributed by atoms with Gasteiger partial charge in [0.05, 0.1) is 10.3 Å². The number of hydrogen-bond acceptors (Lipinski definition) is 3. The van der Waals surface area contributed by atoms with E-state index >= 15 is 0 Å². The number of rotatable bonds is 1. The number of nitrogens with two attached hydrogens (primary N) is 1. The van der Waals surface area contributed by atoms with Gasteiger partial charge in [-0.05, 0) is 23.9 Å². The molecule has 0 heterocycles. The van der Waals surface area contributed by atoms with E-state index in [-0.39, 0.29) is 5.69 Å². The quantitative estimate of drug-likeness (QED) is 0.439. The molecule has 2 aromatic rings. The van der Waals surface area contributed by atoms with Gasteiger partial charge >= 0.3 is 0 Å². The molecule has 0 atom stereocenters. The van der Waals surface area contributed by atoms with E-state index in [1.54, 1.807) is 12.1 Å². The molecule has 0 saturated carbocycles. The van der Waals surface area contributed by atoms with Crippen LogP contribution < -0.4 is 5.73 Å². The summed E-state index contributed by atoms with van der Waals surface area (Å²) in [5.74, 6) is 0. The van der Waals surface area contributed by atoms with Crippen LogP contribution in [0.5, 0.6) is 0 Å². The van der Waals surface area contributed by atoms with Gasteiger partial charge in [-0.1, -0.05) is 18.2 Å². The van der Waals surface area contributed by atoms with Crippen LogP contribution in [-0.2, 0) is 0 Å². The number of aryl methyl sites for hydroxylation is 1. The largest absolute Gasteiger partial charge is 0.398 e. The molecule has 2 rings (SSSR count). The molecule has 2 N–H and O–H groups in total. The Balaban J connectivity index is 2.94. The van der Waals surface area contributed by atoms with Crippen LogP contribution in [0.25, 0.3) is 10.8 Å². The van der Waals surface area contributed by atoms with E-state index in [1.165, 1.54) is 6.07 Å². The molecule has 4 nitrogen and oxygen atoms in total. The Bertz CT molecular complexity index is 550. The smallest absolute Gasteiger partial charge is 0.279 e. The highest BCUT2D eigenvalue weighted by atomic mass is 16.6. The van der Waals surface area contributed by atoms with Crippen molar-refractivity contribution in [1.29, 1.82) is 0 Å². The predicted molar refractivity (Wildman–Crippen MR) is 59.8 cm³/mol. The summed E-state index contributed by atoms with van der Waals surface area (Å²) in [5, 5.41) is 12.3. The highest BCUT2D eigenvalue weighted by Crippen LogP contribution is 2.31. The summed E-state index contributed by atoms with van der Waals surface area (Å²) in [6.45, 7) is 1.86. The Morgan fingerprint density at radius 3 is 2.47 bits per heavy atom. The molecular formula is C11H10N2O2. The van der Waals surface area contributed by atoms with Crippen LogP contribution in [0.4, 0.5) is 11.4 Å². The van der Waals surface area contributed by atoms with Crippen LogP contribution in [0, 0.1) is 17.0 Å². The van der Waals surface area contributed by atoms with E-state index in [1.807, 2.05) is 19.1 Å². The van der Waals surface area contributed by atoms with Gasteiger partial charge in [0, 0.05) is 11.8 Å². The highest BCUT2D eigenvalue weighted by molar-refractivity contribution is 5.96. The molecule has 0 aliphatic carbocycles. The second kappa shape index (κ2) is 3.24.